The fourth-order valence-electron chi connectivity index (χ4n) is 3.14. The van der Waals surface area contributed by atoms with Crippen molar-refractivity contribution < 1.29 is 17.2 Å². The summed E-state index contributed by atoms with van der Waals surface area (Å²) in [6, 6.07) is 10.1. The maximum atomic E-state index is 14.1. The van der Waals surface area contributed by atoms with Gasteiger partial charge in [-0.15, -0.1) is 0 Å². The molecule has 3 rings (SSSR count). The maximum Gasteiger partial charge on any atom is 0.243 e. The van der Waals surface area contributed by atoms with Crippen LogP contribution in [0.4, 0.5) is 8.78 Å². The van der Waals surface area contributed by atoms with E-state index >= 15 is 0 Å². The molecule has 0 atom stereocenters. The lowest BCUT2D eigenvalue weighted by Crippen LogP contribution is -2.16. The van der Waals surface area contributed by atoms with Gasteiger partial charge < -0.3 is 0 Å². The molecule has 3 nitrogen and oxygen atoms in total. The Hall–Kier alpha value is -2.05. The van der Waals surface area contributed by atoms with Crippen LogP contribution < -0.4 is 5.14 Å². The van der Waals surface area contributed by atoms with Crippen molar-refractivity contribution in [1.82, 2.24) is 0 Å². The third-order valence-electron chi connectivity index (χ3n) is 4.25. The zero-order valence-corrected chi connectivity index (χ0v) is 14.0. The fourth-order valence-corrected chi connectivity index (χ4v) is 3.80. The molecule has 0 fully saturated rings. The van der Waals surface area contributed by atoms with E-state index in [2.05, 4.69) is 0 Å². The van der Waals surface area contributed by atoms with Crippen LogP contribution in [-0.2, 0) is 10.0 Å². The zero-order chi connectivity index (χ0) is 17.5. The van der Waals surface area contributed by atoms with Gasteiger partial charge in [-0.3, -0.25) is 0 Å². The van der Waals surface area contributed by atoms with Crippen molar-refractivity contribution in [3.05, 3.63) is 64.7 Å². The number of nitrogens with two attached hydrogens (primary N) is 1. The summed E-state index contributed by atoms with van der Waals surface area (Å²) in [6.07, 6.45) is 2.40. The molecular formula is C18H17F2NO2S. The number of sulfonamides is 1. The monoisotopic (exact) mass is 349 g/mol. The lowest BCUT2D eigenvalue weighted by molar-refractivity contribution is 0.519. The molecule has 126 valence electrons. The number of hydrogen-bond donors (Lipinski definition) is 1. The van der Waals surface area contributed by atoms with Gasteiger partial charge in [0.15, 0.2) is 4.90 Å². The normalized spacial score (nSPS) is 15.2. The van der Waals surface area contributed by atoms with E-state index in [-0.39, 0.29) is 0 Å². The Morgan fingerprint density at radius 3 is 1.92 bits per heavy atom. The minimum absolute atomic E-state index is 0.366. The van der Waals surface area contributed by atoms with Gasteiger partial charge in [0.1, 0.15) is 11.6 Å². The summed E-state index contributed by atoms with van der Waals surface area (Å²) in [5.41, 5.74) is 4.40. The molecule has 0 saturated carbocycles. The average Bonchev–Trinajstić information content (AvgIpc) is 2.95. The van der Waals surface area contributed by atoms with E-state index in [4.69, 9.17) is 5.14 Å². The van der Waals surface area contributed by atoms with Crippen LogP contribution in [0.2, 0.25) is 0 Å². The summed E-state index contributed by atoms with van der Waals surface area (Å²) in [6.45, 7) is 1.99. The van der Waals surface area contributed by atoms with Crippen LogP contribution in [0.25, 0.3) is 11.1 Å². The third-order valence-corrected chi connectivity index (χ3v) is 5.21. The van der Waals surface area contributed by atoms with E-state index in [0.717, 1.165) is 47.2 Å². The number of benzene rings is 2. The second-order valence-corrected chi connectivity index (χ2v) is 7.49. The van der Waals surface area contributed by atoms with Crippen LogP contribution >= 0.6 is 0 Å². The second-order valence-electron chi connectivity index (χ2n) is 5.99. The first-order chi connectivity index (χ1) is 11.3. The van der Waals surface area contributed by atoms with Gasteiger partial charge in [0, 0.05) is 0 Å². The van der Waals surface area contributed by atoms with Gasteiger partial charge in [0.2, 0.25) is 10.0 Å². The average molecular weight is 349 g/mol. The summed E-state index contributed by atoms with van der Waals surface area (Å²) in [5.74, 6) is -2.31. The molecule has 2 aromatic rings. The molecule has 0 bridgehead atoms. The van der Waals surface area contributed by atoms with Crippen LogP contribution in [0, 0.1) is 18.6 Å². The minimum Gasteiger partial charge on any atom is -0.224 e. The largest absolute Gasteiger partial charge is 0.243 e. The molecule has 0 aliphatic heterocycles. The Labute approximate surface area is 139 Å². The van der Waals surface area contributed by atoms with E-state index < -0.39 is 26.6 Å². The first kappa shape index (κ1) is 16.8. The Kier molecular flexibility index (Phi) is 4.27. The van der Waals surface area contributed by atoms with Crippen molar-refractivity contribution in [2.24, 2.45) is 5.14 Å². The SMILES string of the molecule is Cc1ccc(C2=C(c3cc(F)c(S(N)(=O)=O)c(F)c3)CCC2)cc1. The van der Waals surface area contributed by atoms with Crippen LogP contribution in [0.1, 0.15) is 36.0 Å². The highest BCUT2D eigenvalue weighted by Gasteiger charge is 2.24. The molecule has 0 spiro atoms. The molecule has 6 heteroatoms. The number of rotatable bonds is 3. The highest BCUT2D eigenvalue weighted by molar-refractivity contribution is 7.89. The molecule has 2 aromatic carbocycles. The molecule has 1 aliphatic carbocycles. The molecule has 0 radical (unpaired) electrons. The molecule has 2 N–H and O–H groups in total. The van der Waals surface area contributed by atoms with E-state index in [9.17, 15) is 17.2 Å². The molecule has 24 heavy (non-hydrogen) atoms. The van der Waals surface area contributed by atoms with Crippen LogP contribution in [-0.4, -0.2) is 8.42 Å². The fraction of sp³-hybridized carbons (Fsp3) is 0.222. The van der Waals surface area contributed by atoms with Gasteiger partial charge in [-0.25, -0.2) is 22.3 Å². The molecular weight excluding hydrogens is 332 g/mol. The number of allylic oxidation sites excluding steroid dienone is 2. The molecule has 1 aliphatic rings. The Balaban J connectivity index is 2.14. The van der Waals surface area contributed by atoms with E-state index in [0.29, 0.717) is 12.0 Å². The van der Waals surface area contributed by atoms with E-state index in [1.165, 1.54) is 0 Å². The van der Waals surface area contributed by atoms with Crippen LogP contribution in [0.15, 0.2) is 41.3 Å². The maximum absolute atomic E-state index is 14.1. The van der Waals surface area contributed by atoms with Crippen molar-refractivity contribution >= 4 is 21.2 Å². The summed E-state index contributed by atoms with van der Waals surface area (Å²) in [5, 5.41) is 4.87. The van der Waals surface area contributed by atoms with Crippen LogP contribution in [0.5, 0.6) is 0 Å². The van der Waals surface area contributed by atoms with Crippen molar-refractivity contribution in [1.29, 1.82) is 0 Å². The first-order valence-electron chi connectivity index (χ1n) is 7.58. The number of aryl methyl sites for hydroxylation is 1. The van der Waals surface area contributed by atoms with Crippen molar-refractivity contribution in [3.63, 3.8) is 0 Å². The highest BCUT2D eigenvalue weighted by Crippen LogP contribution is 2.40. The smallest absolute Gasteiger partial charge is 0.224 e. The third kappa shape index (κ3) is 3.12. The van der Waals surface area contributed by atoms with Crippen molar-refractivity contribution in [2.75, 3.05) is 0 Å². The Morgan fingerprint density at radius 1 is 0.917 bits per heavy atom. The number of halogens is 2. The minimum atomic E-state index is -4.44. The second kappa shape index (κ2) is 6.11. The summed E-state index contributed by atoms with van der Waals surface area (Å²) >= 11 is 0. The van der Waals surface area contributed by atoms with Gasteiger partial charge >= 0.3 is 0 Å². The quantitative estimate of drug-likeness (QED) is 0.910. The Morgan fingerprint density at radius 2 is 1.42 bits per heavy atom. The summed E-state index contributed by atoms with van der Waals surface area (Å²) in [4.78, 5) is -1.08. The predicted molar refractivity (Wildman–Crippen MR) is 89.6 cm³/mol. The molecule has 0 aromatic heterocycles. The molecule has 0 heterocycles. The molecule has 0 amide bonds. The van der Waals surface area contributed by atoms with Gasteiger partial charge in [-0.2, -0.15) is 0 Å². The van der Waals surface area contributed by atoms with Gasteiger partial charge in [0.25, 0.3) is 0 Å². The lowest BCUT2D eigenvalue weighted by Gasteiger charge is -2.11. The molecule has 0 saturated heterocycles. The molecule has 0 unspecified atom stereocenters. The first-order valence-corrected chi connectivity index (χ1v) is 9.13. The van der Waals surface area contributed by atoms with E-state index in [1.54, 1.807) is 0 Å². The Bertz CT molecular complexity index is 909. The highest BCUT2D eigenvalue weighted by atomic mass is 32.2. The number of primary sulfonamides is 1. The summed E-state index contributed by atoms with van der Waals surface area (Å²) < 4.78 is 50.9. The van der Waals surface area contributed by atoms with Crippen molar-refractivity contribution in [3.8, 4) is 0 Å². The topological polar surface area (TPSA) is 60.2 Å². The van der Waals surface area contributed by atoms with Gasteiger partial charge in [-0.05, 0) is 60.6 Å². The summed E-state index contributed by atoms with van der Waals surface area (Å²) in [7, 11) is -4.44. The van der Waals surface area contributed by atoms with E-state index in [1.807, 2.05) is 31.2 Å². The van der Waals surface area contributed by atoms with Gasteiger partial charge in [-0.1, -0.05) is 29.8 Å². The predicted octanol–water partition coefficient (Wildman–Crippen LogP) is 4.02. The van der Waals surface area contributed by atoms with Gasteiger partial charge in [0.05, 0.1) is 0 Å². The van der Waals surface area contributed by atoms with Crippen LogP contribution in [0.3, 0.4) is 0 Å². The number of hydrogen-bond acceptors (Lipinski definition) is 2. The lowest BCUT2D eigenvalue weighted by atomic mass is 9.96. The standard InChI is InChI=1S/C18H17F2NO2S/c1-11-5-7-12(8-6-11)14-3-2-4-15(14)13-9-16(19)18(17(20)10-13)24(21,22)23/h5-10H,2-4H2,1H3,(H2,21,22,23). The van der Waals surface area contributed by atoms with Crippen molar-refractivity contribution in [2.45, 2.75) is 31.1 Å². The zero-order valence-electron chi connectivity index (χ0n) is 13.1.